The van der Waals surface area contributed by atoms with E-state index in [0.29, 0.717) is 16.9 Å². The normalized spacial score (nSPS) is 16.2. The summed E-state index contributed by atoms with van der Waals surface area (Å²) in [5, 5.41) is 9.45. The summed E-state index contributed by atoms with van der Waals surface area (Å²) in [6.07, 6.45) is -1.09. The second-order valence-corrected chi connectivity index (χ2v) is 8.47. The molecule has 0 radical (unpaired) electrons. The monoisotopic (exact) mass is 450 g/mol. The summed E-state index contributed by atoms with van der Waals surface area (Å²) in [5.41, 5.74) is 1.93. The van der Waals surface area contributed by atoms with E-state index in [1.807, 2.05) is 47.7 Å². The van der Waals surface area contributed by atoms with Crippen molar-refractivity contribution < 1.29 is 17.9 Å². The van der Waals surface area contributed by atoms with Gasteiger partial charge in [-0.2, -0.15) is 0 Å². The van der Waals surface area contributed by atoms with E-state index in [1.165, 1.54) is 35.2 Å². The second-order valence-electron chi connectivity index (χ2n) is 6.40. The van der Waals surface area contributed by atoms with Crippen LogP contribution in [0.2, 0.25) is 0 Å². The van der Waals surface area contributed by atoms with Gasteiger partial charge in [-0.05, 0) is 43.3 Å². The smallest absolute Gasteiger partial charge is 0.406 e. The third-order valence-electron chi connectivity index (χ3n) is 4.46. The van der Waals surface area contributed by atoms with E-state index >= 15 is 0 Å². The van der Waals surface area contributed by atoms with Crippen LogP contribution in [-0.4, -0.2) is 23.0 Å². The first-order valence-corrected chi connectivity index (χ1v) is 10.6. The number of nitrogens with zero attached hydrogens (tertiary/aromatic N) is 3. The molecule has 4 rings (SSSR count). The molecule has 0 amide bonds. The quantitative estimate of drug-likeness (QED) is 0.664. The van der Waals surface area contributed by atoms with Crippen LogP contribution < -0.4 is 24.3 Å². The molecule has 1 N–H and O–H groups in total. The molecule has 0 atom stereocenters. The topological polar surface area (TPSA) is 54.1 Å². The molecule has 0 spiro atoms. The number of hydrogen-bond acceptors (Lipinski definition) is 6. The number of pyridine rings is 1. The molecule has 2 aromatic heterocycles. The lowest BCUT2D eigenvalue weighted by Crippen LogP contribution is -2.33. The molecule has 156 valence electrons. The Morgan fingerprint density at radius 3 is 2.70 bits per heavy atom. The van der Waals surface area contributed by atoms with Crippen LogP contribution in [0.25, 0.3) is 11.1 Å². The van der Waals surface area contributed by atoms with Gasteiger partial charge in [0.2, 0.25) is 0 Å². The molecule has 0 bridgehead atoms. The van der Waals surface area contributed by atoms with E-state index in [1.54, 1.807) is 12.3 Å². The van der Waals surface area contributed by atoms with Gasteiger partial charge < -0.3 is 14.2 Å². The Morgan fingerprint density at radius 2 is 2.03 bits per heavy atom. The van der Waals surface area contributed by atoms with Crippen molar-refractivity contribution in [2.24, 2.45) is 0 Å². The summed E-state index contributed by atoms with van der Waals surface area (Å²) < 4.78 is 45.2. The summed E-state index contributed by atoms with van der Waals surface area (Å²) >= 11 is 2.79. The number of aromatic nitrogens is 2. The highest BCUT2D eigenvalue weighted by molar-refractivity contribution is 8.08. The minimum Gasteiger partial charge on any atom is -0.406 e. The van der Waals surface area contributed by atoms with E-state index in [2.05, 4.69) is 9.72 Å². The van der Waals surface area contributed by atoms with Crippen LogP contribution in [0.3, 0.4) is 0 Å². The van der Waals surface area contributed by atoms with E-state index in [4.69, 9.17) is 5.41 Å². The zero-order valence-electron chi connectivity index (χ0n) is 16.0. The van der Waals surface area contributed by atoms with Gasteiger partial charge in [0.1, 0.15) is 20.8 Å². The third kappa shape index (κ3) is 3.97. The minimum atomic E-state index is -4.74. The van der Waals surface area contributed by atoms with Crippen molar-refractivity contribution in [2.75, 3.05) is 11.9 Å². The molecule has 1 aromatic carbocycles. The zero-order chi connectivity index (χ0) is 21.5. The lowest BCUT2D eigenvalue weighted by atomic mass is 10.3. The summed E-state index contributed by atoms with van der Waals surface area (Å²) in [6, 6.07) is 9.91. The molecule has 10 heteroatoms. The number of rotatable bonds is 3. The predicted octanol–water partition coefficient (Wildman–Crippen LogP) is 3.48. The number of thioether (sulfide) groups is 1. The molecule has 0 saturated heterocycles. The van der Waals surface area contributed by atoms with E-state index in [-0.39, 0.29) is 5.75 Å². The maximum Gasteiger partial charge on any atom is 0.573 e. The van der Waals surface area contributed by atoms with Gasteiger partial charge in [-0.3, -0.25) is 10.4 Å². The van der Waals surface area contributed by atoms with Gasteiger partial charge >= 0.3 is 6.36 Å². The Morgan fingerprint density at radius 1 is 1.23 bits per heavy atom. The second kappa shape index (κ2) is 7.84. The van der Waals surface area contributed by atoms with Crippen molar-refractivity contribution in [1.82, 2.24) is 9.55 Å². The van der Waals surface area contributed by atoms with Gasteiger partial charge in [-0.1, -0.05) is 17.8 Å². The molecule has 3 heterocycles. The number of fused-ring (bicyclic) bond motifs is 1. The first-order valence-electron chi connectivity index (χ1n) is 8.99. The van der Waals surface area contributed by atoms with Crippen LogP contribution in [0.4, 0.5) is 18.9 Å². The number of nitrogens with one attached hydrogen (secondary N) is 1. The Kier molecular flexibility index (Phi) is 5.37. The van der Waals surface area contributed by atoms with Gasteiger partial charge in [-0.15, -0.1) is 24.5 Å². The predicted molar refractivity (Wildman–Crippen MR) is 112 cm³/mol. The maximum atomic E-state index is 12.6. The first kappa shape index (κ1) is 20.5. The molecule has 5 nitrogen and oxygen atoms in total. The van der Waals surface area contributed by atoms with E-state index in [9.17, 15) is 13.2 Å². The van der Waals surface area contributed by atoms with Crippen LogP contribution in [0, 0.1) is 5.41 Å². The Hall–Kier alpha value is -2.72. The number of halogens is 3. The lowest BCUT2D eigenvalue weighted by molar-refractivity contribution is -0.274. The molecule has 3 aromatic rings. The zero-order valence-corrected chi connectivity index (χ0v) is 17.7. The fourth-order valence-electron chi connectivity index (χ4n) is 3.13. The molecule has 0 aliphatic carbocycles. The molecular formula is C20H17F3N4OS2. The molecule has 0 unspecified atom stereocenters. The number of thiazole rings is 1. The van der Waals surface area contributed by atoms with Crippen molar-refractivity contribution >= 4 is 39.9 Å². The number of ether oxygens (including phenoxy) is 1. The van der Waals surface area contributed by atoms with Crippen LogP contribution >= 0.6 is 23.1 Å². The van der Waals surface area contributed by atoms with Crippen molar-refractivity contribution in [3.05, 3.63) is 63.0 Å². The van der Waals surface area contributed by atoms with Gasteiger partial charge in [0, 0.05) is 24.7 Å². The minimum absolute atomic E-state index is 0.256. The van der Waals surface area contributed by atoms with Crippen molar-refractivity contribution in [3.63, 3.8) is 0 Å². The highest BCUT2D eigenvalue weighted by Crippen LogP contribution is 2.47. The third-order valence-corrected chi connectivity index (χ3v) is 6.95. The fraction of sp³-hybridized carbons (Fsp3) is 0.200. The molecule has 0 saturated carbocycles. The SMILES string of the molecule is CCn1c(=N)/c(=C2\Sc3cc(OC(F)(F)F)ccc3N2C)s/c1=C\c1ccccn1. The number of alkyl halides is 3. The maximum absolute atomic E-state index is 12.6. The summed E-state index contributed by atoms with van der Waals surface area (Å²) in [6.45, 7) is 2.59. The standard InChI is InChI=1S/C20H17F3N4OS2/c1-3-27-16(10-12-6-4-5-9-25-12)30-17(18(27)24)19-26(2)14-8-7-13(11-15(14)29-19)28-20(21,22)23/h4-11,24H,3H2,1-2H3/b16-10-,19-17+,24-18?. The van der Waals surface area contributed by atoms with E-state index in [0.717, 1.165) is 25.6 Å². The highest BCUT2D eigenvalue weighted by Gasteiger charge is 2.32. The van der Waals surface area contributed by atoms with Gasteiger partial charge in [0.05, 0.1) is 16.0 Å². The summed E-state index contributed by atoms with van der Waals surface area (Å²) in [4.78, 5) is 6.87. The Labute approximate surface area is 178 Å². The van der Waals surface area contributed by atoms with Crippen LogP contribution in [0.1, 0.15) is 12.6 Å². The van der Waals surface area contributed by atoms with Crippen LogP contribution in [0.5, 0.6) is 5.75 Å². The Balaban J connectivity index is 1.82. The molecule has 0 fully saturated rings. The largest absolute Gasteiger partial charge is 0.573 e. The molecular weight excluding hydrogens is 433 g/mol. The fourth-order valence-corrected chi connectivity index (χ4v) is 5.64. The van der Waals surface area contributed by atoms with Crippen LogP contribution in [0.15, 0.2) is 47.5 Å². The van der Waals surface area contributed by atoms with Gasteiger partial charge in [0.15, 0.2) is 0 Å². The average Bonchev–Trinajstić information content (AvgIpc) is 3.17. The van der Waals surface area contributed by atoms with E-state index < -0.39 is 6.36 Å². The number of hydrogen-bond donors (Lipinski definition) is 1. The first-order chi connectivity index (χ1) is 14.3. The van der Waals surface area contributed by atoms with Gasteiger partial charge in [-0.25, -0.2) is 0 Å². The molecule has 1 aliphatic heterocycles. The summed E-state index contributed by atoms with van der Waals surface area (Å²) in [5.74, 6) is -0.256. The summed E-state index contributed by atoms with van der Waals surface area (Å²) in [7, 11) is 1.84. The molecule has 30 heavy (non-hydrogen) atoms. The number of anilines is 1. The highest BCUT2D eigenvalue weighted by atomic mass is 32.2. The van der Waals surface area contributed by atoms with Crippen LogP contribution in [-0.2, 0) is 6.54 Å². The lowest BCUT2D eigenvalue weighted by Gasteiger charge is -2.13. The molecule has 1 aliphatic rings. The van der Waals surface area contributed by atoms with Crippen molar-refractivity contribution in [1.29, 1.82) is 5.41 Å². The van der Waals surface area contributed by atoms with Crippen molar-refractivity contribution in [3.8, 4) is 5.75 Å². The Bertz CT molecular complexity index is 1270. The van der Waals surface area contributed by atoms with Crippen molar-refractivity contribution in [2.45, 2.75) is 24.7 Å². The van der Waals surface area contributed by atoms with Gasteiger partial charge in [0.25, 0.3) is 0 Å². The average molecular weight is 451 g/mol. The number of benzene rings is 1.